The van der Waals surface area contributed by atoms with Gasteiger partial charge in [0.05, 0.1) is 12.8 Å². The van der Waals surface area contributed by atoms with Gasteiger partial charge in [-0.05, 0) is 47.0 Å². The van der Waals surface area contributed by atoms with Crippen LogP contribution in [0.5, 0.6) is 11.5 Å². The maximum atomic E-state index is 10.7. The second-order valence-corrected chi connectivity index (χ2v) is 5.80. The molecule has 138 valence electrons. The molecule has 3 aromatic carbocycles. The predicted molar refractivity (Wildman–Crippen MR) is 106 cm³/mol. The summed E-state index contributed by atoms with van der Waals surface area (Å²) >= 11 is 0. The lowest BCUT2D eigenvalue weighted by Crippen LogP contribution is -2.24. The molecule has 0 saturated heterocycles. The van der Waals surface area contributed by atoms with Crippen LogP contribution < -0.4 is 20.6 Å². The van der Waals surface area contributed by atoms with Crippen LogP contribution in [-0.4, -0.2) is 18.9 Å². The monoisotopic (exact) mass is 363 g/mol. The van der Waals surface area contributed by atoms with E-state index in [0.717, 1.165) is 11.1 Å². The van der Waals surface area contributed by atoms with Crippen molar-refractivity contribution >= 4 is 23.0 Å². The molecule has 0 heterocycles. The minimum absolute atomic E-state index is 0.429. The lowest BCUT2D eigenvalue weighted by molar-refractivity contribution is 0.249. The Hall–Kier alpha value is -3.54. The summed E-state index contributed by atoms with van der Waals surface area (Å²) in [7, 11) is 0. The van der Waals surface area contributed by atoms with Crippen molar-refractivity contribution in [1.29, 1.82) is 0 Å². The summed E-state index contributed by atoms with van der Waals surface area (Å²) in [6, 6.07) is 19.1. The van der Waals surface area contributed by atoms with E-state index in [9.17, 15) is 4.79 Å². The van der Waals surface area contributed by atoms with E-state index in [2.05, 4.69) is 34.8 Å². The van der Waals surface area contributed by atoms with Gasteiger partial charge in [-0.1, -0.05) is 42.5 Å². The van der Waals surface area contributed by atoms with Crippen molar-refractivity contribution < 1.29 is 14.3 Å². The topological polar surface area (TPSA) is 85.9 Å². The number of carbonyl (C=O) groups excluding carboxylic acids is 1. The van der Waals surface area contributed by atoms with Crippen molar-refractivity contribution in [3.63, 3.8) is 0 Å². The van der Waals surface area contributed by atoms with E-state index in [1.165, 1.54) is 17.0 Å². The maximum Gasteiger partial charge on any atom is 0.332 e. The molecule has 0 aromatic heterocycles. The van der Waals surface area contributed by atoms with E-state index in [4.69, 9.17) is 15.2 Å². The van der Waals surface area contributed by atoms with Gasteiger partial charge in [0.1, 0.15) is 6.61 Å². The summed E-state index contributed by atoms with van der Waals surface area (Å²) in [6.07, 6.45) is 1.49. The lowest BCUT2D eigenvalue weighted by atomic mass is 10.1. The fourth-order valence-electron chi connectivity index (χ4n) is 2.74. The van der Waals surface area contributed by atoms with Crippen molar-refractivity contribution in [3.05, 3.63) is 71.8 Å². The average molecular weight is 363 g/mol. The van der Waals surface area contributed by atoms with Crippen molar-refractivity contribution in [2.75, 3.05) is 6.61 Å². The molecule has 0 aliphatic heterocycles. The Balaban J connectivity index is 1.79. The zero-order chi connectivity index (χ0) is 19.1. The Morgan fingerprint density at radius 3 is 2.70 bits per heavy atom. The molecular weight excluding hydrogens is 342 g/mol. The highest BCUT2D eigenvalue weighted by molar-refractivity contribution is 5.85. The number of hydrogen-bond donors (Lipinski definition) is 2. The molecule has 27 heavy (non-hydrogen) atoms. The summed E-state index contributed by atoms with van der Waals surface area (Å²) < 4.78 is 11.7. The Morgan fingerprint density at radius 2 is 1.89 bits per heavy atom. The third-order valence-corrected chi connectivity index (χ3v) is 3.92. The molecule has 3 aromatic rings. The lowest BCUT2D eigenvalue weighted by Gasteiger charge is -2.13. The van der Waals surface area contributed by atoms with Gasteiger partial charge in [-0.25, -0.2) is 10.2 Å². The number of ether oxygens (including phenoxy) is 2. The second-order valence-electron chi connectivity index (χ2n) is 5.80. The molecule has 6 nitrogen and oxygen atoms in total. The highest BCUT2D eigenvalue weighted by Gasteiger charge is 2.08. The number of nitrogens with two attached hydrogens (primary N) is 1. The molecule has 2 amide bonds. The van der Waals surface area contributed by atoms with Gasteiger partial charge in [0.25, 0.3) is 0 Å². The van der Waals surface area contributed by atoms with Crippen molar-refractivity contribution in [2.24, 2.45) is 10.8 Å². The van der Waals surface area contributed by atoms with Gasteiger partial charge in [0, 0.05) is 0 Å². The zero-order valence-corrected chi connectivity index (χ0v) is 15.0. The molecule has 0 aliphatic carbocycles. The fraction of sp³-hybridized carbons (Fsp3) is 0.143. The Morgan fingerprint density at radius 1 is 1.07 bits per heavy atom. The van der Waals surface area contributed by atoms with Crippen LogP contribution in [0.25, 0.3) is 10.8 Å². The Kier molecular flexibility index (Phi) is 5.89. The smallest absolute Gasteiger partial charge is 0.332 e. The second kappa shape index (κ2) is 8.71. The third-order valence-electron chi connectivity index (χ3n) is 3.92. The molecular formula is C21H21N3O3. The summed E-state index contributed by atoms with van der Waals surface area (Å²) in [5.74, 6) is 1.26. The molecule has 6 heteroatoms. The first kappa shape index (κ1) is 18.3. The van der Waals surface area contributed by atoms with E-state index in [0.29, 0.717) is 24.7 Å². The zero-order valence-electron chi connectivity index (χ0n) is 15.0. The number of rotatable bonds is 7. The highest BCUT2D eigenvalue weighted by Crippen LogP contribution is 2.29. The van der Waals surface area contributed by atoms with E-state index in [1.807, 2.05) is 37.3 Å². The van der Waals surface area contributed by atoms with Crippen LogP contribution in [0, 0.1) is 0 Å². The normalized spacial score (nSPS) is 10.9. The number of benzene rings is 3. The molecule has 0 bridgehead atoms. The average Bonchev–Trinajstić information content (AvgIpc) is 2.67. The summed E-state index contributed by atoms with van der Waals surface area (Å²) in [4.78, 5) is 10.7. The minimum Gasteiger partial charge on any atom is -0.490 e. The van der Waals surface area contributed by atoms with Crippen molar-refractivity contribution in [1.82, 2.24) is 5.43 Å². The molecule has 0 unspecified atom stereocenters. The first-order valence-electron chi connectivity index (χ1n) is 8.62. The van der Waals surface area contributed by atoms with Crippen LogP contribution in [0.15, 0.2) is 65.8 Å². The van der Waals surface area contributed by atoms with Gasteiger partial charge in [-0.2, -0.15) is 5.10 Å². The minimum atomic E-state index is -0.716. The number of nitrogens with zero attached hydrogens (tertiary/aromatic N) is 1. The van der Waals surface area contributed by atoms with Crippen LogP contribution in [0.4, 0.5) is 4.79 Å². The van der Waals surface area contributed by atoms with Crippen molar-refractivity contribution in [2.45, 2.75) is 13.5 Å². The predicted octanol–water partition coefficient (Wildman–Crippen LogP) is 3.82. The maximum absolute atomic E-state index is 10.7. The number of hydrogen-bond acceptors (Lipinski definition) is 4. The summed E-state index contributed by atoms with van der Waals surface area (Å²) in [6.45, 7) is 2.84. The summed E-state index contributed by atoms with van der Waals surface area (Å²) in [5, 5.41) is 6.10. The van der Waals surface area contributed by atoms with E-state index < -0.39 is 6.03 Å². The van der Waals surface area contributed by atoms with Crippen LogP contribution >= 0.6 is 0 Å². The quantitative estimate of drug-likeness (QED) is 0.494. The highest BCUT2D eigenvalue weighted by atomic mass is 16.5. The third kappa shape index (κ3) is 4.76. The number of fused-ring (bicyclic) bond motifs is 1. The molecule has 0 spiro atoms. The van der Waals surface area contributed by atoms with E-state index in [1.54, 1.807) is 6.07 Å². The molecule has 3 N–H and O–H groups in total. The number of amides is 2. The molecule has 0 fully saturated rings. The largest absolute Gasteiger partial charge is 0.490 e. The van der Waals surface area contributed by atoms with Gasteiger partial charge in [0.2, 0.25) is 0 Å². The van der Waals surface area contributed by atoms with E-state index in [-0.39, 0.29) is 0 Å². The number of urea groups is 1. The van der Waals surface area contributed by atoms with Crippen LogP contribution in [0.3, 0.4) is 0 Å². The van der Waals surface area contributed by atoms with Crippen LogP contribution in [0.1, 0.15) is 18.1 Å². The first-order valence-corrected chi connectivity index (χ1v) is 8.62. The van der Waals surface area contributed by atoms with Gasteiger partial charge in [-0.3, -0.25) is 0 Å². The molecule has 0 saturated carbocycles. The van der Waals surface area contributed by atoms with Gasteiger partial charge in [0.15, 0.2) is 11.5 Å². The molecule has 0 radical (unpaired) electrons. The molecule has 3 rings (SSSR count). The van der Waals surface area contributed by atoms with Gasteiger partial charge < -0.3 is 15.2 Å². The van der Waals surface area contributed by atoms with Crippen LogP contribution in [0.2, 0.25) is 0 Å². The van der Waals surface area contributed by atoms with Gasteiger partial charge >= 0.3 is 6.03 Å². The Labute approximate surface area is 157 Å². The van der Waals surface area contributed by atoms with Gasteiger partial charge in [-0.15, -0.1) is 0 Å². The summed E-state index contributed by atoms with van der Waals surface area (Å²) in [5.41, 5.74) is 9.00. The molecule has 0 atom stereocenters. The number of carbonyl (C=O) groups is 1. The number of hydrazone groups is 1. The SMILES string of the molecule is CCOc1cc(/C=N\NC(N)=O)ccc1OCc1cccc2ccccc12. The molecule has 0 aliphatic rings. The number of nitrogens with one attached hydrogen (secondary N) is 1. The fourth-order valence-corrected chi connectivity index (χ4v) is 2.74. The standard InChI is InChI=1S/C21H21N3O3/c1-2-26-20-12-15(13-23-24-21(22)25)10-11-19(20)27-14-17-8-5-7-16-6-3-4-9-18(16)17/h3-13H,2,14H2,1H3,(H3,22,24,25)/b23-13-. The van der Waals surface area contributed by atoms with Crippen molar-refractivity contribution in [3.8, 4) is 11.5 Å². The van der Waals surface area contributed by atoms with E-state index >= 15 is 0 Å². The number of primary amides is 1. The Bertz CT molecular complexity index is 965. The first-order chi connectivity index (χ1) is 13.2. The van der Waals surface area contributed by atoms with Crippen LogP contribution in [-0.2, 0) is 6.61 Å².